The van der Waals surface area contributed by atoms with Crippen molar-refractivity contribution in [3.63, 3.8) is 0 Å². The van der Waals surface area contributed by atoms with Crippen LogP contribution in [0, 0.1) is 0 Å². The maximum atomic E-state index is 12.0. The highest BCUT2D eigenvalue weighted by atomic mass is 32.2. The molecule has 2 heterocycles. The average Bonchev–Trinajstić information content (AvgIpc) is 3.26. The summed E-state index contributed by atoms with van der Waals surface area (Å²) < 4.78 is 0.604. The predicted octanol–water partition coefficient (Wildman–Crippen LogP) is 2.98. The van der Waals surface area contributed by atoms with Crippen LogP contribution < -0.4 is 10.6 Å². The lowest BCUT2D eigenvalue weighted by Crippen LogP contribution is -2.13. The minimum Gasteiger partial charge on any atom is -0.301 e. The van der Waals surface area contributed by atoms with E-state index in [1.807, 2.05) is 6.07 Å². The van der Waals surface area contributed by atoms with Crippen molar-refractivity contribution in [2.24, 2.45) is 0 Å². The van der Waals surface area contributed by atoms with E-state index in [9.17, 15) is 9.59 Å². The molecule has 0 atom stereocenters. The fraction of sp³-hybridized carbons (Fsp3) is 0.0714. The maximum absolute atomic E-state index is 12.0. The van der Waals surface area contributed by atoms with Crippen LogP contribution in [0.1, 0.15) is 10.4 Å². The third kappa shape index (κ3) is 4.60. The fourth-order valence-electron chi connectivity index (χ4n) is 1.65. The van der Waals surface area contributed by atoms with Gasteiger partial charge in [0.15, 0.2) is 9.47 Å². The standard InChI is InChI=1S/C14H11N5O2S3/c20-10(16-12-15-6-7-22-12)8-23-14-19-18-13(24-14)17-11(21)9-4-2-1-3-5-9/h1-7H,8H2,(H,15,16,20)(H,17,18,21). The van der Waals surface area contributed by atoms with E-state index in [1.54, 1.807) is 35.8 Å². The van der Waals surface area contributed by atoms with Crippen molar-refractivity contribution in [1.82, 2.24) is 15.2 Å². The van der Waals surface area contributed by atoms with Gasteiger partial charge < -0.3 is 5.32 Å². The van der Waals surface area contributed by atoms with Crippen molar-refractivity contribution < 1.29 is 9.59 Å². The van der Waals surface area contributed by atoms with E-state index in [-0.39, 0.29) is 17.6 Å². The van der Waals surface area contributed by atoms with Crippen LogP contribution in [0.3, 0.4) is 0 Å². The second-order valence-corrected chi connectivity index (χ2v) is 7.46. The summed E-state index contributed by atoms with van der Waals surface area (Å²) in [6.45, 7) is 0. The van der Waals surface area contributed by atoms with Crippen molar-refractivity contribution in [3.05, 3.63) is 47.5 Å². The van der Waals surface area contributed by atoms with Crippen LogP contribution in [-0.2, 0) is 4.79 Å². The highest BCUT2D eigenvalue weighted by Gasteiger charge is 2.12. The number of hydrogen-bond acceptors (Lipinski definition) is 8. The first kappa shape index (κ1) is 16.6. The van der Waals surface area contributed by atoms with Crippen LogP contribution in [0.4, 0.5) is 10.3 Å². The molecule has 10 heteroatoms. The van der Waals surface area contributed by atoms with Gasteiger partial charge in [0, 0.05) is 17.1 Å². The molecular formula is C14H11N5O2S3. The zero-order valence-electron chi connectivity index (χ0n) is 12.1. The maximum Gasteiger partial charge on any atom is 0.257 e. The van der Waals surface area contributed by atoms with Crippen LogP contribution >= 0.6 is 34.4 Å². The average molecular weight is 377 g/mol. The third-order valence-corrected chi connectivity index (χ3v) is 5.33. The van der Waals surface area contributed by atoms with Gasteiger partial charge in [0.2, 0.25) is 11.0 Å². The molecule has 0 spiro atoms. The largest absolute Gasteiger partial charge is 0.301 e. The van der Waals surface area contributed by atoms with Crippen LogP contribution in [0.5, 0.6) is 0 Å². The molecule has 3 rings (SSSR count). The lowest BCUT2D eigenvalue weighted by molar-refractivity contribution is -0.113. The third-order valence-electron chi connectivity index (χ3n) is 2.67. The first-order valence-corrected chi connectivity index (χ1v) is 9.41. The number of rotatable bonds is 6. The number of thiazole rings is 1. The second kappa shape index (κ2) is 7.99. The van der Waals surface area contributed by atoms with Crippen LogP contribution in [0.15, 0.2) is 46.2 Å². The molecule has 0 saturated heterocycles. The fourth-order valence-corrected chi connectivity index (χ4v) is 3.74. The van der Waals surface area contributed by atoms with E-state index in [4.69, 9.17) is 0 Å². The molecule has 2 aromatic heterocycles. The molecule has 3 aromatic rings. The summed E-state index contributed by atoms with van der Waals surface area (Å²) in [5, 5.41) is 16.0. The Labute approximate surface area is 149 Å². The summed E-state index contributed by atoms with van der Waals surface area (Å²) in [5.41, 5.74) is 0.546. The van der Waals surface area contributed by atoms with Gasteiger partial charge in [0.05, 0.1) is 5.75 Å². The molecule has 0 saturated carbocycles. The first-order valence-electron chi connectivity index (χ1n) is 6.73. The normalized spacial score (nSPS) is 10.3. The van der Waals surface area contributed by atoms with E-state index in [0.717, 1.165) is 0 Å². The summed E-state index contributed by atoms with van der Waals surface area (Å²) in [6.07, 6.45) is 1.62. The summed E-state index contributed by atoms with van der Waals surface area (Å²) in [7, 11) is 0. The molecule has 0 bridgehead atoms. The van der Waals surface area contributed by atoms with Gasteiger partial charge in [-0.3, -0.25) is 14.9 Å². The van der Waals surface area contributed by atoms with Crippen molar-refractivity contribution in [2.45, 2.75) is 4.34 Å². The van der Waals surface area contributed by atoms with E-state index in [2.05, 4.69) is 25.8 Å². The highest BCUT2D eigenvalue weighted by Crippen LogP contribution is 2.26. The van der Waals surface area contributed by atoms with Gasteiger partial charge in [-0.15, -0.1) is 21.5 Å². The van der Waals surface area contributed by atoms with Gasteiger partial charge in [-0.05, 0) is 12.1 Å². The number of carbonyl (C=O) groups excluding carboxylic acids is 2. The molecule has 0 aliphatic heterocycles. The number of benzene rings is 1. The monoisotopic (exact) mass is 377 g/mol. The molecule has 0 unspecified atom stereocenters. The number of anilines is 2. The number of aromatic nitrogens is 3. The van der Waals surface area contributed by atoms with Crippen LogP contribution in [0.25, 0.3) is 0 Å². The minimum absolute atomic E-state index is 0.167. The summed E-state index contributed by atoms with van der Waals surface area (Å²) >= 11 is 3.83. The number of hydrogen-bond donors (Lipinski definition) is 2. The zero-order chi connectivity index (χ0) is 16.8. The molecule has 1 aromatic carbocycles. The summed E-state index contributed by atoms with van der Waals surface area (Å²) in [5.74, 6) is -0.217. The lowest BCUT2D eigenvalue weighted by Gasteiger charge is -2.00. The van der Waals surface area contributed by atoms with Gasteiger partial charge in [0.1, 0.15) is 0 Å². The quantitative estimate of drug-likeness (QED) is 0.506. The zero-order valence-corrected chi connectivity index (χ0v) is 14.6. The highest BCUT2D eigenvalue weighted by molar-refractivity contribution is 8.01. The van der Waals surface area contributed by atoms with Gasteiger partial charge in [-0.1, -0.05) is 41.3 Å². The van der Waals surface area contributed by atoms with Crippen molar-refractivity contribution >= 4 is 56.5 Å². The Kier molecular flexibility index (Phi) is 5.51. The second-order valence-electron chi connectivity index (χ2n) is 4.37. The Balaban J connectivity index is 1.50. The first-order chi connectivity index (χ1) is 11.7. The Morgan fingerprint density at radius 3 is 2.67 bits per heavy atom. The molecule has 2 N–H and O–H groups in total. The summed E-state index contributed by atoms with van der Waals surface area (Å²) in [6, 6.07) is 8.85. The molecule has 7 nitrogen and oxygen atoms in total. The van der Waals surface area contributed by atoms with Crippen molar-refractivity contribution in [1.29, 1.82) is 0 Å². The van der Waals surface area contributed by atoms with E-state index >= 15 is 0 Å². The number of carbonyl (C=O) groups is 2. The van der Waals surface area contributed by atoms with E-state index < -0.39 is 0 Å². The van der Waals surface area contributed by atoms with Gasteiger partial charge >= 0.3 is 0 Å². The molecule has 0 aliphatic rings. The molecule has 24 heavy (non-hydrogen) atoms. The van der Waals surface area contributed by atoms with E-state index in [1.165, 1.54) is 34.4 Å². The van der Waals surface area contributed by atoms with Gasteiger partial charge in [-0.2, -0.15) is 0 Å². The lowest BCUT2D eigenvalue weighted by atomic mass is 10.2. The number of nitrogens with one attached hydrogen (secondary N) is 2. The van der Waals surface area contributed by atoms with Crippen molar-refractivity contribution in [3.8, 4) is 0 Å². The molecule has 0 radical (unpaired) electrons. The Hall–Kier alpha value is -2.30. The van der Waals surface area contributed by atoms with Crippen molar-refractivity contribution in [2.75, 3.05) is 16.4 Å². The predicted molar refractivity (Wildman–Crippen MR) is 95.8 cm³/mol. The Bertz CT molecular complexity index is 820. The van der Waals surface area contributed by atoms with Crippen LogP contribution in [0.2, 0.25) is 0 Å². The number of amides is 2. The molecule has 0 fully saturated rings. The number of nitrogens with zero attached hydrogens (tertiary/aromatic N) is 3. The number of thioether (sulfide) groups is 1. The molecular weight excluding hydrogens is 366 g/mol. The van der Waals surface area contributed by atoms with E-state index in [0.29, 0.717) is 20.2 Å². The van der Waals surface area contributed by atoms with Gasteiger partial charge in [-0.25, -0.2) is 4.98 Å². The molecule has 0 aliphatic carbocycles. The SMILES string of the molecule is O=C(CSc1nnc(NC(=O)c2ccccc2)s1)Nc1nccs1. The smallest absolute Gasteiger partial charge is 0.257 e. The molecule has 122 valence electrons. The van der Waals surface area contributed by atoms with Crippen LogP contribution in [-0.4, -0.2) is 32.7 Å². The summed E-state index contributed by atoms with van der Waals surface area (Å²) in [4.78, 5) is 27.8. The minimum atomic E-state index is -0.246. The molecule has 2 amide bonds. The topological polar surface area (TPSA) is 96.9 Å². The van der Waals surface area contributed by atoms with Gasteiger partial charge in [0.25, 0.3) is 5.91 Å². The Morgan fingerprint density at radius 2 is 1.92 bits per heavy atom. The Morgan fingerprint density at radius 1 is 1.08 bits per heavy atom.